The van der Waals surface area contributed by atoms with E-state index in [2.05, 4.69) is 0 Å². The minimum absolute atomic E-state index is 0.0393. The monoisotopic (exact) mass is 421 g/mol. The van der Waals surface area contributed by atoms with Crippen LogP contribution in [0.2, 0.25) is 0 Å². The average Bonchev–Trinajstić information content (AvgIpc) is 2.83. The van der Waals surface area contributed by atoms with E-state index in [0.29, 0.717) is 33.6 Å². The Morgan fingerprint density at radius 2 is 1.59 bits per heavy atom. The molecule has 0 N–H and O–H groups in total. The SMILES string of the molecule is O=c1oc2ccccc2c2c1C(c1cccc([N+](=O)[O-])c1)c1c(ccc3ccccc13)O2. The van der Waals surface area contributed by atoms with Gasteiger partial charge in [-0.3, -0.25) is 10.1 Å². The highest BCUT2D eigenvalue weighted by Gasteiger charge is 2.35. The predicted octanol–water partition coefficient (Wildman–Crippen LogP) is 6.14. The maximum atomic E-state index is 13.2. The highest BCUT2D eigenvalue weighted by molar-refractivity contribution is 5.92. The van der Waals surface area contributed by atoms with Gasteiger partial charge in [0.1, 0.15) is 17.1 Å². The Morgan fingerprint density at radius 3 is 2.44 bits per heavy atom. The van der Waals surface area contributed by atoms with Gasteiger partial charge in [0, 0.05) is 23.6 Å². The van der Waals surface area contributed by atoms with Crippen molar-refractivity contribution in [2.24, 2.45) is 0 Å². The molecule has 0 fully saturated rings. The van der Waals surface area contributed by atoms with Crippen LogP contribution in [0.3, 0.4) is 0 Å². The molecule has 1 aliphatic heterocycles. The third-order valence-corrected chi connectivity index (χ3v) is 5.93. The Bertz CT molecular complexity index is 1620. The fourth-order valence-corrected chi connectivity index (χ4v) is 4.56. The molecule has 0 amide bonds. The topological polar surface area (TPSA) is 82.6 Å². The zero-order valence-corrected chi connectivity index (χ0v) is 16.6. The Hall–Kier alpha value is -4.45. The quantitative estimate of drug-likeness (QED) is 0.190. The van der Waals surface area contributed by atoms with Crippen LogP contribution in [0.25, 0.3) is 21.7 Å². The number of nitro groups is 1. The number of nitro benzene ring substituents is 1. The first-order valence-corrected chi connectivity index (χ1v) is 10.1. The van der Waals surface area contributed by atoms with Gasteiger partial charge in [0.15, 0.2) is 0 Å². The Balaban J connectivity index is 1.75. The van der Waals surface area contributed by atoms with Crippen molar-refractivity contribution in [1.29, 1.82) is 0 Å². The molecule has 0 spiro atoms. The summed E-state index contributed by atoms with van der Waals surface area (Å²) in [7, 11) is 0. The number of hydrogen-bond acceptors (Lipinski definition) is 5. The van der Waals surface area contributed by atoms with Crippen molar-refractivity contribution in [3.8, 4) is 11.5 Å². The Kier molecular flexibility index (Phi) is 3.89. The molecule has 0 bridgehead atoms. The summed E-state index contributed by atoms with van der Waals surface area (Å²) < 4.78 is 12.0. The smallest absolute Gasteiger partial charge is 0.344 e. The molecule has 0 saturated carbocycles. The van der Waals surface area contributed by atoms with Crippen molar-refractivity contribution in [1.82, 2.24) is 0 Å². The lowest BCUT2D eigenvalue weighted by atomic mass is 9.80. The maximum Gasteiger partial charge on any atom is 0.344 e. The first-order chi connectivity index (χ1) is 15.6. The molecule has 6 heteroatoms. The molecule has 0 radical (unpaired) electrons. The largest absolute Gasteiger partial charge is 0.456 e. The standard InChI is InChI=1S/C26H15NO5/c28-26-24-22(16-7-5-8-17(14-16)27(29)30)23-18-9-2-1-6-15(18)12-13-21(23)31-25(24)19-10-3-4-11-20(19)32-26/h1-14,22H. The first-order valence-electron chi connectivity index (χ1n) is 10.1. The van der Waals surface area contributed by atoms with Crippen LogP contribution in [0.4, 0.5) is 5.69 Å². The minimum Gasteiger partial charge on any atom is -0.456 e. The molecule has 4 aromatic carbocycles. The van der Waals surface area contributed by atoms with Gasteiger partial charge in [-0.2, -0.15) is 0 Å². The van der Waals surface area contributed by atoms with Gasteiger partial charge >= 0.3 is 5.63 Å². The normalized spacial score (nSPS) is 14.6. The fourth-order valence-electron chi connectivity index (χ4n) is 4.56. The van der Waals surface area contributed by atoms with Gasteiger partial charge in [0.2, 0.25) is 0 Å². The van der Waals surface area contributed by atoms with Gasteiger partial charge in [-0.25, -0.2) is 4.79 Å². The third kappa shape index (κ3) is 2.63. The van der Waals surface area contributed by atoms with Crippen LogP contribution in [0.5, 0.6) is 11.5 Å². The fraction of sp³-hybridized carbons (Fsp3) is 0.0385. The zero-order chi connectivity index (χ0) is 21.8. The van der Waals surface area contributed by atoms with E-state index in [1.807, 2.05) is 48.5 Å². The number of para-hydroxylation sites is 1. The van der Waals surface area contributed by atoms with Crippen LogP contribution in [0.15, 0.2) is 94.1 Å². The number of non-ortho nitro benzene ring substituents is 1. The van der Waals surface area contributed by atoms with Crippen molar-refractivity contribution in [3.63, 3.8) is 0 Å². The van der Waals surface area contributed by atoms with Crippen molar-refractivity contribution in [3.05, 3.63) is 122 Å². The van der Waals surface area contributed by atoms with E-state index >= 15 is 0 Å². The number of benzene rings is 4. The summed E-state index contributed by atoms with van der Waals surface area (Å²) in [5.41, 5.74) is 1.63. The second-order valence-electron chi connectivity index (χ2n) is 7.71. The second kappa shape index (κ2) is 6.78. The maximum absolute atomic E-state index is 13.2. The van der Waals surface area contributed by atoms with E-state index in [9.17, 15) is 14.9 Å². The summed E-state index contributed by atoms with van der Waals surface area (Å²) >= 11 is 0. The van der Waals surface area contributed by atoms with Gasteiger partial charge < -0.3 is 9.15 Å². The molecular weight excluding hydrogens is 406 g/mol. The Labute approximate surface area is 181 Å². The van der Waals surface area contributed by atoms with Crippen molar-refractivity contribution in [2.45, 2.75) is 5.92 Å². The number of ether oxygens (including phenoxy) is 1. The molecule has 1 aliphatic rings. The molecule has 0 aliphatic carbocycles. The van der Waals surface area contributed by atoms with Crippen molar-refractivity contribution in [2.75, 3.05) is 0 Å². The van der Waals surface area contributed by atoms with E-state index in [0.717, 1.165) is 16.3 Å². The van der Waals surface area contributed by atoms with E-state index in [1.54, 1.807) is 24.3 Å². The van der Waals surface area contributed by atoms with Crippen LogP contribution in [-0.2, 0) is 0 Å². The molecule has 6 nitrogen and oxygen atoms in total. The summed E-state index contributed by atoms with van der Waals surface area (Å²) in [5, 5.41) is 14.1. The lowest BCUT2D eigenvalue weighted by molar-refractivity contribution is -0.384. The highest BCUT2D eigenvalue weighted by atomic mass is 16.6. The molecular formula is C26H15NO5. The Morgan fingerprint density at radius 1 is 0.812 bits per heavy atom. The highest BCUT2D eigenvalue weighted by Crippen LogP contribution is 2.50. The summed E-state index contributed by atoms with van der Waals surface area (Å²) in [5.74, 6) is 0.459. The summed E-state index contributed by atoms with van der Waals surface area (Å²) in [4.78, 5) is 24.3. The van der Waals surface area contributed by atoms with Gasteiger partial charge in [0.25, 0.3) is 5.69 Å². The predicted molar refractivity (Wildman–Crippen MR) is 121 cm³/mol. The van der Waals surface area contributed by atoms with Gasteiger partial charge in [-0.05, 0) is 34.5 Å². The molecule has 32 heavy (non-hydrogen) atoms. The first kappa shape index (κ1) is 18.3. The number of fused-ring (bicyclic) bond motifs is 6. The summed E-state index contributed by atoms with van der Waals surface area (Å²) in [6.45, 7) is 0. The van der Waals surface area contributed by atoms with Crippen LogP contribution < -0.4 is 10.4 Å². The van der Waals surface area contributed by atoms with Crippen LogP contribution in [0.1, 0.15) is 22.6 Å². The summed E-state index contributed by atoms with van der Waals surface area (Å²) in [6, 6.07) is 25.3. The van der Waals surface area contributed by atoms with E-state index in [1.165, 1.54) is 12.1 Å². The third-order valence-electron chi connectivity index (χ3n) is 5.93. The molecule has 0 saturated heterocycles. The molecule has 154 valence electrons. The summed E-state index contributed by atoms with van der Waals surface area (Å²) in [6.07, 6.45) is 0. The molecule has 1 atom stereocenters. The number of nitrogens with zero attached hydrogens (tertiary/aromatic N) is 1. The molecule has 5 aromatic rings. The van der Waals surface area contributed by atoms with Gasteiger partial charge in [-0.1, -0.05) is 54.6 Å². The minimum atomic E-state index is -0.583. The van der Waals surface area contributed by atoms with E-state index < -0.39 is 16.5 Å². The lowest BCUT2D eigenvalue weighted by Gasteiger charge is -2.29. The number of hydrogen-bond donors (Lipinski definition) is 0. The average molecular weight is 421 g/mol. The molecule has 1 aromatic heterocycles. The van der Waals surface area contributed by atoms with Gasteiger partial charge in [0.05, 0.1) is 15.9 Å². The van der Waals surface area contributed by atoms with E-state index in [-0.39, 0.29) is 5.69 Å². The van der Waals surface area contributed by atoms with Crippen LogP contribution >= 0.6 is 0 Å². The second-order valence-corrected chi connectivity index (χ2v) is 7.71. The molecule has 1 unspecified atom stereocenters. The van der Waals surface area contributed by atoms with Crippen LogP contribution in [-0.4, -0.2) is 4.92 Å². The molecule has 6 rings (SSSR count). The van der Waals surface area contributed by atoms with Crippen molar-refractivity contribution < 1.29 is 14.1 Å². The van der Waals surface area contributed by atoms with Crippen LogP contribution in [0, 0.1) is 10.1 Å². The van der Waals surface area contributed by atoms with E-state index in [4.69, 9.17) is 9.15 Å². The zero-order valence-electron chi connectivity index (χ0n) is 16.6. The molecule has 2 heterocycles. The van der Waals surface area contributed by atoms with Gasteiger partial charge in [-0.15, -0.1) is 0 Å². The van der Waals surface area contributed by atoms with Crippen molar-refractivity contribution >= 4 is 27.4 Å². The lowest BCUT2D eigenvalue weighted by Crippen LogP contribution is -2.21. The number of rotatable bonds is 2.